The molecule has 0 atom stereocenters. The maximum atomic E-state index is 12.2. The molecule has 0 fully saturated rings. The Kier molecular flexibility index (Phi) is 1.49. The van der Waals surface area contributed by atoms with Gasteiger partial charge in [0.2, 0.25) is 0 Å². The standard InChI is InChI=1S/C7H5F2N3/c8-7(9)12-4-11-6-5(12)2-1-3-10-6/h1-4,7H. The van der Waals surface area contributed by atoms with E-state index in [0.29, 0.717) is 11.2 Å². The summed E-state index contributed by atoms with van der Waals surface area (Å²) >= 11 is 0. The zero-order valence-corrected chi connectivity index (χ0v) is 5.98. The summed E-state index contributed by atoms with van der Waals surface area (Å²) in [6.45, 7) is -2.56. The molecule has 3 nitrogen and oxygen atoms in total. The van der Waals surface area contributed by atoms with Gasteiger partial charge in [-0.05, 0) is 12.1 Å². The molecule has 0 amide bonds. The van der Waals surface area contributed by atoms with Crippen LogP contribution in [-0.4, -0.2) is 14.5 Å². The lowest BCUT2D eigenvalue weighted by atomic mass is 10.4. The SMILES string of the molecule is FC(F)n1cnc2ncccc21. The molecule has 0 unspecified atom stereocenters. The molecule has 0 bridgehead atoms. The van der Waals surface area contributed by atoms with Crippen molar-refractivity contribution in [3.63, 3.8) is 0 Å². The van der Waals surface area contributed by atoms with Crippen molar-refractivity contribution in [3.8, 4) is 0 Å². The summed E-state index contributed by atoms with van der Waals surface area (Å²) in [6, 6.07) is 3.16. The van der Waals surface area contributed by atoms with Crippen molar-refractivity contribution < 1.29 is 8.78 Å². The van der Waals surface area contributed by atoms with Gasteiger partial charge in [-0.3, -0.25) is 4.57 Å². The van der Waals surface area contributed by atoms with E-state index in [-0.39, 0.29) is 0 Å². The minimum atomic E-state index is -2.56. The first-order valence-corrected chi connectivity index (χ1v) is 3.35. The van der Waals surface area contributed by atoms with E-state index >= 15 is 0 Å². The molecule has 2 rings (SSSR count). The number of alkyl halides is 2. The molecule has 0 saturated heterocycles. The van der Waals surface area contributed by atoms with Gasteiger partial charge in [-0.25, -0.2) is 9.97 Å². The average Bonchev–Trinajstić information content (AvgIpc) is 2.47. The Bertz CT molecular complexity index is 396. The zero-order chi connectivity index (χ0) is 8.55. The van der Waals surface area contributed by atoms with Gasteiger partial charge in [0.25, 0.3) is 0 Å². The molecule has 2 aromatic rings. The van der Waals surface area contributed by atoms with Crippen molar-refractivity contribution in [3.05, 3.63) is 24.7 Å². The Balaban J connectivity index is 2.70. The van der Waals surface area contributed by atoms with Gasteiger partial charge < -0.3 is 0 Å². The van der Waals surface area contributed by atoms with Crippen LogP contribution in [0.2, 0.25) is 0 Å². The summed E-state index contributed by atoms with van der Waals surface area (Å²) in [5.41, 5.74) is 0.699. The summed E-state index contributed by atoms with van der Waals surface area (Å²) in [6.07, 6.45) is 2.60. The van der Waals surface area contributed by atoms with Crippen molar-refractivity contribution in [1.82, 2.24) is 14.5 Å². The van der Waals surface area contributed by atoms with Crippen molar-refractivity contribution in [2.24, 2.45) is 0 Å². The molecule has 0 aliphatic heterocycles. The van der Waals surface area contributed by atoms with Gasteiger partial charge in [0.1, 0.15) is 6.33 Å². The minimum absolute atomic E-state index is 0.345. The monoisotopic (exact) mass is 169 g/mol. The van der Waals surface area contributed by atoms with Crippen LogP contribution in [0.15, 0.2) is 24.7 Å². The molecule has 2 aromatic heterocycles. The minimum Gasteiger partial charge on any atom is -0.271 e. The molecular weight excluding hydrogens is 164 g/mol. The molecule has 0 aliphatic carbocycles. The normalized spacial score (nSPS) is 11.2. The first-order chi connectivity index (χ1) is 5.79. The second-order valence-electron chi connectivity index (χ2n) is 2.28. The first-order valence-electron chi connectivity index (χ1n) is 3.35. The maximum absolute atomic E-state index is 12.2. The smallest absolute Gasteiger partial charge is 0.271 e. The van der Waals surface area contributed by atoms with Crippen LogP contribution in [-0.2, 0) is 0 Å². The predicted octanol–water partition coefficient (Wildman–Crippen LogP) is 1.83. The molecular formula is C7H5F2N3. The molecule has 0 radical (unpaired) electrons. The van der Waals surface area contributed by atoms with Gasteiger partial charge in [0, 0.05) is 6.20 Å². The number of imidazole rings is 1. The van der Waals surface area contributed by atoms with E-state index in [4.69, 9.17) is 0 Å². The molecule has 2 heterocycles. The predicted molar refractivity (Wildman–Crippen MR) is 38.8 cm³/mol. The van der Waals surface area contributed by atoms with Crippen LogP contribution in [0.25, 0.3) is 11.2 Å². The topological polar surface area (TPSA) is 30.7 Å². The van der Waals surface area contributed by atoms with E-state index in [1.54, 1.807) is 12.1 Å². The third-order valence-corrected chi connectivity index (χ3v) is 1.56. The van der Waals surface area contributed by atoms with Gasteiger partial charge in [-0.2, -0.15) is 8.78 Å². The van der Waals surface area contributed by atoms with Crippen molar-refractivity contribution in [1.29, 1.82) is 0 Å². The van der Waals surface area contributed by atoms with E-state index in [1.165, 1.54) is 6.20 Å². The van der Waals surface area contributed by atoms with E-state index < -0.39 is 6.55 Å². The second kappa shape index (κ2) is 2.51. The number of nitrogens with zero attached hydrogens (tertiary/aromatic N) is 3. The highest BCUT2D eigenvalue weighted by Gasteiger charge is 2.09. The molecule has 0 saturated carbocycles. The number of rotatable bonds is 1. The number of hydrogen-bond acceptors (Lipinski definition) is 2. The van der Waals surface area contributed by atoms with Crippen LogP contribution in [0.1, 0.15) is 6.55 Å². The zero-order valence-electron chi connectivity index (χ0n) is 5.98. The Morgan fingerprint density at radius 2 is 2.17 bits per heavy atom. The van der Waals surface area contributed by atoms with Crippen LogP contribution in [0, 0.1) is 0 Å². The highest BCUT2D eigenvalue weighted by molar-refractivity contribution is 5.70. The summed E-state index contributed by atoms with van der Waals surface area (Å²) < 4.78 is 25.2. The number of hydrogen-bond donors (Lipinski definition) is 0. The Hall–Kier alpha value is -1.52. The van der Waals surface area contributed by atoms with Crippen molar-refractivity contribution >= 4 is 11.2 Å². The number of fused-ring (bicyclic) bond motifs is 1. The van der Waals surface area contributed by atoms with Crippen LogP contribution in [0.4, 0.5) is 8.78 Å². The van der Waals surface area contributed by atoms with E-state index in [0.717, 1.165) is 10.9 Å². The first kappa shape index (κ1) is 7.15. The fraction of sp³-hybridized carbons (Fsp3) is 0.143. The summed E-state index contributed by atoms with van der Waals surface area (Å²) in [5, 5.41) is 0. The number of pyridine rings is 1. The summed E-state index contributed by atoms with van der Waals surface area (Å²) in [5.74, 6) is 0. The lowest BCUT2D eigenvalue weighted by Crippen LogP contribution is -1.94. The van der Waals surface area contributed by atoms with Gasteiger partial charge >= 0.3 is 6.55 Å². The average molecular weight is 169 g/mol. The Morgan fingerprint density at radius 3 is 2.92 bits per heavy atom. The number of halogens is 2. The Morgan fingerprint density at radius 1 is 1.33 bits per heavy atom. The molecule has 0 aromatic carbocycles. The molecule has 5 heteroatoms. The van der Waals surface area contributed by atoms with Gasteiger partial charge in [0.05, 0.1) is 5.52 Å². The highest BCUT2D eigenvalue weighted by Crippen LogP contribution is 2.16. The maximum Gasteiger partial charge on any atom is 0.320 e. The van der Waals surface area contributed by atoms with Crippen LogP contribution >= 0.6 is 0 Å². The van der Waals surface area contributed by atoms with Gasteiger partial charge in [-0.15, -0.1) is 0 Å². The van der Waals surface area contributed by atoms with Crippen molar-refractivity contribution in [2.75, 3.05) is 0 Å². The molecule has 0 N–H and O–H groups in total. The van der Waals surface area contributed by atoms with E-state index in [9.17, 15) is 8.78 Å². The van der Waals surface area contributed by atoms with E-state index in [2.05, 4.69) is 9.97 Å². The quantitative estimate of drug-likeness (QED) is 0.651. The van der Waals surface area contributed by atoms with Crippen LogP contribution in [0.3, 0.4) is 0 Å². The molecule has 0 spiro atoms. The number of aromatic nitrogens is 3. The summed E-state index contributed by atoms with van der Waals surface area (Å²) in [4.78, 5) is 7.53. The fourth-order valence-electron chi connectivity index (χ4n) is 1.02. The molecule has 0 aliphatic rings. The second-order valence-corrected chi connectivity index (χ2v) is 2.28. The molecule has 62 valence electrons. The highest BCUT2D eigenvalue weighted by atomic mass is 19.3. The van der Waals surface area contributed by atoms with Crippen LogP contribution < -0.4 is 0 Å². The lowest BCUT2D eigenvalue weighted by molar-refractivity contribution is 0.0746. The summed E-state index contributed by atoms with van der Waals surface area (Å²) in [7, 11) is 0. The third kappa shape index (κ3) is 0.939. The lowest BCUT2D eigenvalue weighted by Gasteiger charge is -1.99. The van der Waals surface area contributed by atoms with E-state index in [1.807, 2.05) is 0 Å². The largest absolute Gasteiger partial charge is 0.320 e. The molecule has 12 heavy (non-hydrogen) atoms. The van der Waals surface area contributed by atoms with Crippen LogP contribution in [0.5, 0.6) is 0 Å². The fourth-order valence-corrected chi connectivity index (χ4v) is 1.02. The van der Waals surface area contributed by atoms with Gasteiger partial charge in [0.15, 0.2) is 5.65 Å². The van der Waals surface area contributed by atoms with Gasteiger partial charge in [-0.1, -0.05) is 0 Å². The Labute approximate surface area is 66.7 Å². The third-order valence-electron chi connectivity index (χ3n) is 1.56. The van der Waals surface area contributed by atoms with Crippen molar-refractivity contribution in [2.45, 2.75) is 6.55 Å².